The highest BCUT2D eigenvalue weighted by atomic mass is 19.1. The number of aromatic nitrogens is 3. The number of nitrogens with zero attached hydrogens (tertiary/aromatic N) is 4. The average molecular weight is 357 g/mol. The molecule has 0 radical (unpaired) electrons. The van der Waals surface area contributed by atoms with E-state index in [-0.39, 0.29) is 23.8 Å². The van der Waals surface area contributed by atoms with E-state index in [0.717, 1.165) is 13.0 Å². The lowest BCUT2D eigenvalue weighted by atomic mass is 9.79. The molecule has 2 aromatic rings. The number of ether oxygens (including phenoxy) is 1. The minimum Gasteiger partial charge on any atom is -0.378 e. The van der Waals surface area contributed by atoms with Crippen LogP contribution < -0.4 is 10.2 Å². The number of carbonyl (C=O) groups excluding carboxylic acids is 1. The molecule has 2 saturated heterocycles. The Labute approximate surface area is 150 Å². The normalized spacial score (nSPS) is 25.4. The van der Waals surface area contributed by atoms with Gasteiger partial charge in [0.15, 0.2) is 5.82 Å². The number of rotatable bonds is 3. The van der Waals surface area contributed by atoms with Crippen LogP contribution in [0.25, 0.3) is 0 Å². The zero-order valence-corrected chi connectivity index (χ0v) is 14.2. The van der Waals surface area contributed by atoms with Crippen molar-refractivity contribution in [2.45, 2.75) is 18.9 Å². The monoisotopic (exact) mass is 357 g/mol. The molecule has 2 aliphatic heterocycles. The molecular formula is C18H20FN5O2. The van der Waals surface area contributed by atoms with E-state index in [4.69, 9.17) is 4.74 Å². The third kappa shape index (κ3) is 3.50. The Morgan fingerprint density at radius 2 is 2.12 bits per heavy atom. The molecule has 26 heavy (non-hydrogen) atoms. The predicted molar refractivity (Wildman–Crippen MR) is 93.0 cm³/mol. The molecule has 0 unspecified atom stereocenters. The summed E-state index contributed by atoms with van der Waals surface area (Å²) in [5.74, 6) is -0.0987. The van der Waals surface area contributed by atoms with Gasteiger partial charge in [-0.25, -0.2) is 14.4 Å². The number of carbonyl (C=O) groups is 1. The average Bonchev–Trinajstić information content (AvgIpc) is 2.68. The number of hydrogen-bond acceptors (Lipinski definition) is 6. The van der Waals surface area contributed by atoms with Crippen LogP contribution in [0.5, 0.6) is 0 Å². The summed E-state index contributed by atoms with van der Waals surface area (Å²) in [4.78, 5) is 27.0. The van der Waals surface area contributed by atoms with Crippen LogP contribution in [-0.2, 0) is 9.53 Å². The van der Waals surface area contributed by atoms with Crippen molar-refractivity contribution >= 4 is 17.5 Å². The van der Waals surface area contributed by atoms with E-state index >= 15 is 0 Å². The van der Waals surface area contributed by atoms with Gasteiger partial charge in [-0.3, -0.25) is 9.78 Å². The SMILES string of the molecule is O=C(Nc1cccnc1)[C@@H]1CCO[C@@H]2CCN(c3ncc(F)cn3)C[C@H]21. The minimum atomic E-state index is -0.460. The molecular weight excluding hydrogens is 337 g/mol. The lowest BCUT2D eigenvalue weighted by Gasteiger charge is -2.44. The van der Waals surface area contributed by atoms with Gasteiger partial charge in [-0.2, -0.15) is 0 Å². The standard InChI is InChI=1S/C18H20FN5O2/c19-12-8-21-18(22-9-12)24-6-3-16-15(11-24)14(4-7-26-16)17(25)23-13-2-1-5-20-10-13/h1-2,5,8-10,14-16H,3-4,6-7,11H2,(H,23,25)/t14-,15+,16-/m1/s1. The highest BCUT2D eigenvalue weighted by Gasteiger charge is 2.42. The van der Waals surface area contributed by atoms with Crippen molar-refractivity contribution in [2.75, 3.05) is 29.9 Å². The van der Waals surface area contributed by atoms with E-state index in [2.05, 4.69) is 20.3 Å². The van der Waals surface area contributed by atoms with E-state index < -0.39 is 5.82 Å². The summed E-state index contributed by atoms with van der Waals surface area (Å²) in [7, 11) is 0. The zero-order valence-electron chi connectivity index (χ0n) is 14.2. The second-order valence-electron chi connectivity index (χ2n) is 6.64. The van der Waals surface area contributed by atoms with Crippen molar-refractivity contribution in [3.05, 3.63) is 42.7 Å². The van der Waals surface area contributed by atoms with Crippen LogP contribution in [-0.4, -0.2) is 46.7 Å². The van der Waals surface area contributed by atoms with Crippen LogP contribution in [0.4, 0.5) is 16.0 Å². The van der Waals surface area contributed by atoms with Gasteiger partial charge in [0.25, 0.3) is 0 Å². The molecule has 2 aliphatic rings. The molecule has 0 aliphatic carbocycles. The Balaban J connectivity index is 1.49. The van der Waals surface area contributed by atoms with Crippen LogP contribution in [0.2, 0.25) is 0 Å². The van der Waals surface area contributed by atoms with Crippen molar-refractivity contribution in [1.29, 1.82) is 0 Å². The van der Waals surface area contributed by atoms with Crippen molar-refractivity contribution in [3.63, 3.8) is 0 Å². The fourth-order valence-electron chi connectivity index (χ4n) is 3.76. The second kappa shape index (κ2) is 7.33. The topological polar surface area (TPSA) is 80.2 Å². The van der Waals surface area contributed by atoms with Crippen molar-refractivity contribution < 1.29 is 13.9 Å². The highest BCUT2D eigenvalue weighted by Crippen LogP contribution is 2.34. The summed E-state index contributed by atoms with van der Waals surface area (Å²) in [6, 6.07) is 3.61. The highest BCUT2D eigenvalue weighted by molar-refractivity contribution is 5.92. The van der Waals surface area contributed by atoms with Crippen molar-refractivity contribution in [3.8, 4) is 0 Å². The summed E-state index contributed by atoms with van der Waals surface area (Å²) >= 11 is 0. The lowest BCUT2D eigenvalue weighted by molar-refractivity contribution is -0.131. The maximum Gasteiger partial charge on any atom is 0.228 e. The maximum atomic E-state index is 13.1. The van der Waals surface area contributed by atoms with E-state index in [1.807, 2.05) is 11.0 Å². The first-order valence-corrected chi connectivity index (χ1v) is 8.76. The van der Waals surface area contributed by atoms with Gasteiger partial charge < -0.3 is 15.0 Å². The first-order valence-electron chi connectivity index (χ1n) is 8.76. The molecule has 2 fully saturated rings. The van der Waals surface area contributed by atoms with E-state index in [1.165, 1.54) is 12.4 Å². The fourth-order valence-corrected chi connectivity index (χ4v) is 3.76. The van der Waals surface area contributed by atoms with Gasteiger partial charge in [0.2, 0.25) is 11.9 Å². The van der Waals surface area contributed by atoms with E-state index in [1.54, 1.807) is 18.5 Å². The van der Waals surface area contributed by atoms with Gasteiger partial charge in [-0.15, -0.1) is 0 Å². The first-order chi connectivity index (χ1) is 12.7. The van der Waals surface area contributed by atoms with Gasteiger partial charge in [0, 0.05) is 37.7 Å². The summed E-state index contributed by atoms with van der Waals surface area (Å²) in [6.07, 6.45) is 7.14. The molecule has 1 amide bonds. The molecule has 0 saturated carbocycles. The first kappa shape index (κ1) is 16.8. The number of piperidine rings is 1. The van der Waals surface area contributed by atoms with Gasteiger partial charge in [0.1, 0.15) is 0 Å². The Hall–Kier alpha value is -2.61. The summed E-state index contributed by atoms with van der Waals surface area (Å²) in [6.45, 7) is 1.92. The summed E-state index contributed by atoms with van der Waals surface area (Å²) in [5, 5.41) is 2.95. The third-order valence-electron chi connectivity index (χ3n) is 5.03. The molecule has 2 aromatic heterocycles. The van der Waals surface area contributed by atoms with Crippen LogP contribution in [0.1, 0.15) is 12.8 Å². The predicted octanol–water partition coefficient (Wildman–Crippen LogP) is 1.88. The van der Waals surface area contributed by atoms with Gasteiger partial charge in [0.05, 0.1) is 30.4 Å². The number of hydrogen-bond donors (Lipinski definition) is 1. The quantitative estimate of drug-likeness (QED) is 0.903. The van der Waals surface area contributed by atoms with Crippen molar-refractivity contribution in [1.82, 2.24) is 15.0 Å². The smallest absolute Gasteiger partial charge is 0.228 e. The summed E-state index contributed by atoms with van der Waals surface area (Å²) < 4.78 is 19.0. The molecule has 0 spiro atoms. The summed E-state index contributed by atoms with van der Waals surface area (Å²) in [5.41, 5.74) is 0.690. The minimum absolute atomic E-state index is 0.0156. The molecule has 0 bridgehead atoms. The molecule has 136 valence electrons. The van der Waals surface area contributed by atoms with Crippen LogP contribution in [0.15, 0.2) is 36.9 Å². The van der Waals surface area contributed by atoms with E-state index in [9.17, 15) is 9.18 Å². The van der Waals surface area contributed by atoms with Crippen LogP contribution in [0, 0.1) is 17.7 Å². The Morgan fingerprint density at radius 1 is 1.27 bits per heavy atom. The number of anilines is 2. The molecule has 3 atom stereocenters. The second-order valence-corrected chi connectivity index (χ2v) is 6.64. The Morgan fingerprint density at radius 3 is 2.88 bits per heavy atom. The molecule has 4 rings (SSSR count). The largest absolute Gasteiger partial charge is 0.378 e. The number of fused-ring (bicyclic) bond motifs is 1. The molecule has 7 nitrogen and oxygen atoms in total. The van der Waals surface area contributed by atoms with Crippen LogP contribution in [0.3, 0.4) is 0 Å². The number of halogens is 1. The molecule has 1 N–H and O–H groups in total. The number of amides is 1. The van der Waals surface area contributed by atoms with Gasteiger partial charge in [-0.1, -0.05) is 0 Å². The number of pyridine rings is 1. The zero-order chi connectivity index (χ0) is 17.9. The van der Waals surface area contributed by atoms with Gasteiger partial charge in [-0.05, 0) is 25.0 Å². The van der Waals surface area contributed by atoms with E-state index in [0.29, 0.717) is 31.2 Å². The molecule has 4 heterocycles. The molecule has 8 heteroatoms. The van der Waals surface area contributed by atoms with Crippen LogP contribution >= 0.6 is 0 Å². The Bertz CT molecular complexity index is 758. The lowest BCUT2D eigenvalue weighted by Crippen LogP contribution is -2.53. The molecule has 0 aromatic carbocycles. The van der Waals surface area contributed by atoms with Crippen molar-refractivity contribution in [2.24, 2.45) is 11.8 Å². The third-order valence-corrected chi connectivity index (χ3v) is 5.03. The maximum absolute atomic E-state index is 13.1. The number of nitrogens with one attached hydrogen (secondary N) is 1. The fraction of sp³-hybridized carbons (Fsp3) is 0.444. The van der Waals surface area contributed by atoms with Gasteiger partial charge >= 0.3 is 0 Å². The Kier molecular flexibility index (Phi) is 4.75.